The van der Waals surface area contributed by atoms with Crippen molar-refractivity contribution in [3.05, 3.63) is 23.8 Å². The Morgan fingerprint density at radius 1 is 1.41 bits per heavy atom. The molecule has 1 fully saturated rings. The molecule has 0 radical (unpaired) electrons. The molecule has 1 atom stereocenters. The van der Waals surface area contributed by atoms with E-state index in [4.69, 9.17) is 9.47 Å². The van der Waals surface area contributed by atoms with Crippen LogP contribution in [0, 0.1) is 5.92 Å². The van der Waals surface area contributed by atoms with Crippen LogP contribution in [0.1, 0.15) is 37.9 Å². The lowest BCUT2D eigenvalue weighted by molar-refractivity contribution is 0.190. The molecule has 3 nitrogen and oxygen atoms in total. The smallest absolute Gasteiger partial charge is 0.128 e. The molecule has 94 valence electrons. The molecule has 3 heteroatoms. The summed E-state index contributed by atoms with van der Waals surface area (Å²) in [5.74, 6) is 2.35. The molecule has 0 amide bonds. The van der Waals surface area contributed by atoms with Crippen LogP contribution in [-0.4, -0.2) is 18.8 Å². The van der Waals surface area contributed by atoms with Crippen molar-refractivity contribution in [1.29, 1.82) is 0 Å². The maximum Gasteiger partial charge on any atom is 0.128 e. The topological polar surface area (TPSA) is 38.7 Å². The van der Waals surface area contributed by atoms with Crippen LogP contribution in [0.3, 0.4) is 0 Å². The van der Waals surface area contributed by atoms with E-state index in [9.17, 15) is 5.11 Å². The summed E-state index contributed by atoms with van der Waals surface area (Å²) >= 11 is 0. The minimum Gasteiger partial charge on any atom is -0.497 e. The van der Waals surface area contributed by atoms with Crippen molar-refractivity contribution in [3.8, 4) is 11.5 Å². The Balaban J connectivity index is 2.03. The van der Waals surface area contributed by atoms with Gasteiger partial charge in [0.15, 0.2) is 0 Å². The van der Waals surface area contributed by atoms with Crippen LogP contribution in [0.25, 0.3) is 0 Å². The Morgan fingerprint density at radius 2 is 2.18 bits per heavy atom. The highest BCUT2D eigenvalue weighted by Crippen LogP contribution is 2.34. The first-order valence-corrected chi connectivity index (χ1v) is 6.19. The van der Waals surface area contributed by atoms with E-state index in [1.54, 1.807) is 14.0 Å². The first-order valence-electron chi connectivity index (χ1n) is 6.19. The van der Waals surface area contributed by atoms with Crippen molar-refractivity contribution in [2.24, 2.45) is 5.92 Å². The van der Waals surface area contributed by atoms with Gasteiger partial charge in [0.1, 0.15) is 11.5 Å². The van der Waals surface area contributed by atoms with Gasteiger partial charge in [0.05, 0.1) is 19.8 Å². The average molecular weight is 236 g/mol. The lowest BCUT2D eigenvalue weighted by Gasteiger charge is -2.14. The number of aliphatic hydroxyl groups is 1. The fourth-order valence-electron chi connectivity index (χ4n) is 1.85. The fourth-order valence-corrected chi connectivity index (χ4v) is 1.85. The molecule has 0 bridgehead atoms. The monoisotopic (exact) mass is 236 g/mol. The van der Waals surface area contributed by atoms with E-state index in [0.717, 1.165) is 36.0 Å². The standard InChI is InChI=1S/C14H20O3/c1-10(15)13-6-5-12(16-2)9-14(13)17-8-7-11-3-4-11/h5-6,9-11,15H,3-4,7-8H2,1-2H3. The van der Waals surface area contributed by atoms with Crippen LogP contribution < -0.4 is 9.47 Å². The van der Waals surface area contributed by atoms with Crippen molar-refractivity contribution < 1.29 is 14.6 Å². The molecule has 1 saturated carbocycles. The molecule has 1 N–H and O–H groups in total. The number of methoxy groups -OCH3 is 1. The number of ether oxygens (including phenoxy) is 2. The second-order valence-electron chi connectivity index (χ2n) is 4.66. The van der Waals surface area contributed by atoms with Gasteiger partial charge in [0.2, 0.25) is 0 Å². The quantitative estimate of drug-likeness (QED) is 0.825. The number of aliphatic hydroxyl groups excluding tert-OH is 1. The van der Waals surface area contributed by atoms with Gasteiger partial charge in [-0.3, -0.25) is 0 Å². The zero-order chi connectivity index (χ0) is 12.3. The van der Waals surface area contributed by atoms with Crippen molar-refractivity contribution in [1.82, 2.24) is 0 Å². The lowest BCUT2D eigenvalue weighted by atomic mass is 10.1. The molecule has 0 aliphatic heterocycles. The van der Waals surface area contributed by atoms with Crippen LogP contribution in [0.4, 0.5) is 0 Å². The van der Waals surface area contributed by atoms with Gasteiger partial charge in [0, 0.05) is 11.6 Å². The summed E-state index contributed by atoms with van der Waals surface area (Å²) in [4.78, 5) is 0. The van der Waals surface area contributed by atoms with Gasteiger partial charge in [-0.25, -0.2) is 0 Å². The zero-order valence-corrected chi connectivity index (χ0v) is 10.5. The fraction of sp³-hybridized carbons (Fsp3) is 0.571. The third-order valence-corrected chi connectivity index (χ3v) is 3.15. The van der Waals surface area contributed by atoms with Gasteiger partial charge in [-0.15, -0.1) is 0 Å². The van der Waals surface area contributed by atoms with Crippen LogP contribution in [0.2, 0.25) is 0 Å². The SMILES string of the molecule is COc1ccc(C(C)O)c(OCCC2CC2)c1. The van der Waals surface area contributed by atoms with Crippen LogP contribution in [0.15, 0.2) is 18.2 Å². The molecule has 0 saturated heterocycles. The Bertz CT molecular complexity index is 370. The highest BCUT2D eigenvalue weighted by molar-refractivity contribution is 5.41. The minimum atomic E-state index is -0.517. The van der Waals surface area contributed by atoms with Gasteiger partial charge in [-0.2, -0.15) is 0 Å². The summed E-state index contributed by atoms with van der Waals surface area (Å²) in [5.41, 5.74) is 0.821. The van der Waals surface area contributed by atoms with Gasteiger partial charge in [0.25, 0.3) is 0 Å². The third-order valence-electron chi connectivity index (χ3n) is 3.15. The normalized spacial score (nSPS) is 16.6. The molecule has 1 aliphatic carbocycles. The number of benzene rings is 1. The van der Waals surface area contributed by atoms with E-state index >= 15 is 0 Å². The predicted octanol–water partition coefficient (Wildman–Crippen LogP) is 2.93. The molecule has 0 heterocycles. The third kappa shape index (κ3) is 3.37. The molecule has 1 aromatic carbocycles. The van der Waals surface area contributed by atoms with E-state index in [1.165, 1.54) is 12.8 Å². The van der Waals surface area contributed by atoms with Crippen molar-refractivity contribution in [2.45, 2.75) is 32.3 Å². The molecule has 17 heavy (non-hydrogen) atoms. The Kier molecular flexibility index (Phi) is 3.89. The van der Waals surface area contributed by atoms with Crippen LogP contribution >= 0.6 is 0 Å². The second kappa shape index (κ2) is 5.41. The molecule has 1 aliphatic rings. The predicted molar refractivity (Wildman–Crippen MR) is 66.5 cm³/mol. The summed E-state index contributed by atoms with van der Waals surface area (Å²) in [6, 6.07) is 5.54. The summed E-state index contributed by atoms with van der Waals surface area (Å²) in [6.07, 6.45) is 3.27. The number of hydrogen-bond donors (Lipinski definition) is 1. The van der Waals surface area contributed by atoms with E-state index in [1.807, 2.05) is 18.2 Å². The maximum absolute atomic E-state index is 9.67. The highest BCUT2D eigenvalue weighted by Gasteiger charge is 2.21. The first kappa shape index (κ1) is 12.2. The van der Waals surface area contributed by atoms with Crippen molar-refractivity contribution >= 4 is 0 Å². The molecule has 1 aromatic rings. The first-order chi connectivity index (χ1) is 8.20. The summed E-state index contributed by atoms with van der Waals surface area (Å²) < 4.78 is 10.9. The maximum atomic E-state index is 9.67. The van der Waals surface area contributed by atoms with E-state index < -0.39 is 6.10 Å². The number of hydrogen-bond acceptors (Lipinski definition) is 3. The molecular formula is C14H20O3. The van der Waals surface area contributed by atoms with Gasteiger partial charge < -0.3 is 14.6 Å². The summed E-state index contributed by atoms with van der Waals surface area (Å²) in [6.45, 7) is 2.47. The molecule has 2 rings (SSSR count). The second-order valence-corrected chi connectivity index (χ2v) is 4.66. The van der Waals surface area contributed by atoms with Gasteiger partial charge in [-0.1, -0.05) is 12.8 Å². The van der Waals surface area contributed by atoms with Gasteiger partial charge in [-0.05, 0) is 31.4 Å². The van der Waals surface area contributed by atoms with Crippen molar-refractivity contribution in [2.75, 3.05) is 13.7 Å². The average Bonchev–Trinajstić information content (AvgIpc) is 3.12. The minimum absolute atomic E-state index is 0.517. The molecule has 0 aromatic heterocycles. The highest BCUT2D eigenvalue weighted by atomic mass is 16.5. The number of rotatable bonds is 6. The molecular weight excluding hydrogens is 216 g/mol. The summed E-state index contributed by atoms with van der Waals surface area (Å²) in [5, 5.41) is 9.67. The molecule has 1 unspecified atom stereocenters. The zero-order valence-electron chi connectivity index (χ0n) is 10.5. The van der Waals surface area contributed by atoms with E-state index in [2.05, 4.69) is 0 Å². The Hall–Kier alpha value is -1.22. The van der Waals surface area contributed by atoms with Crippen molar-refractivity contribution in [3.63, 3.8) is 0 Å². The summed E-state index contributed by atoms with van der Waals surface area (Å²) in [7, 11) is 1.63. The van der Waals surface area contributed by atoms with Crippen LogP contribution in [0.5, 0.6) is 11.5 Å². The largest absolute Gasteiger partial charge is 0.497 e. The Morgan fingerprint density at radius 3 is 2.76 bits per heavy atom. The van der Waals surface area contributed by atoms with E-state index in [-0.39, 0.29) is 0 Å². The molecule has 0 spiro atoms. The Labute approximate surface area is 102 Å². The van der Waals surface area contributed by atoms with E-state index in [0.29, 0.717) is 0 Å². The van der Waals surface area contributed by atoms with Gasteiger partial charge >= 0.3 is 0 Å². The van der Waals surface area contributed by atoms with Crippen LogP contribution in [-0.2, 0) is 0 Å². The lowest BCUT2D eigenvalue weighted by Crippen LogP contribution is -2.03.